The van der Waals surface area contributed by atoms with Gasteiger partial charge in [0.25, 0.3) is 0 Å². The average Bonchev–Trinajstić information content (AvgIpc) is 2.65. The van der Waals surface area contributed by atoms with Crippen LogP contribution in [0.1, 0.15) is 49.7 Å². The minimum Gasteiger partial charge on any atom is -0.438 e. The predicted octanol–water partition coefficient (Wildman–Crippen LogP) is 4.65. The molecule has 25 heavy (non-hydrogen) atoms. The number of carbonyl (C=O) groups excluding carboxylic acids is 2. The Morgan fingerprint density at radius 3 is 2.48 bits per heavy atom. The first-order valence-electron chi connectivity index (χ1n) is 9.07. The Balaban J connectivity index is 1.87. The largest absolute Gasteiger partial charge is 0.508 e. The molecule has 4 nitrogen and oxygen atoms in total. The minimum atomic E-state index is -0.701. The molecule has 4 heteroatoms. The molecule has 2 rings (SSSR count). The maximum absolute atomic E-state index is 12.4. The van der Waals surface area contributed by atoms with Gasteiger partial charge in [-0.25, -0.2) is 4.79 Å². The number of carbonyl (C=O) groups is 2. The maximum atomic E-state index is 12.4. The summed E-state index contributed by atoms with van der Waals surface area (Å²) in [6.07, 6.45) is 7.05. The molecule has 1 aromatic carbocycles. The Hall–Kier alpha value is -2.10. The van der Waals surface area contributed by atoms with E-state index in [0.29, 0.717) is 18.6 Å². The van der Waals surface area contributed by atoms with Crippen molar-refractivity contribution >= 4 is 11.9 Å². The highest BCUT2D eigenvalue weighted by Crippen LogP contribution is 2.26. The van der Waals surface area contributed by atoms with E-state index in [-0.39, 0.29) is 12.5 Å². The molecule has 0 saturated heterocycles. The first-order chi connectivity index (χ1) is 12.1. The standard InChI is InChI=1S/C21H28O4/c1-16(15-25-21(23)24-2)14-19-11-7-6-8-17(19)12-13-20(22)18-9-4-3-5-10-18/h6-8,11,18H,1,3-5,9-10,12-15H2,2H3. The fourth-order valence-electron chi connectivity index (χ4n) is 3.40. The number of rotatable bonds is 8. The monoisotopic (exact) mass is 344 g/mol. The lowest BCUT2D eigenvalue weighted by atomic mass is 9.84. The molecule has 0 N–H and O–H groups in total. The van der Waals surface area contributed by atoms with Crippen molar-refractivity contribution in [3.63, 3.8) is 0 Å². The van der Waals surface area contributed by atoms with Gasteiger partial charge in [-0.05, 0) is 42.4 Å². The summed E-state index contributed by atoms with van der Waals surface area (Å²) >= 11 is 0. The molecule has 1 aliphatic rings. The van der Waals surface area contributed by atoms with E-state index in [1.165, 1.54) is 31.9 Å². The molecule has 1 fully saturated rings. The van der Waals surface area contributed by atoms with Gasteiger partial charge in [-0.15, -0.1) is 0 Å². The van der Waals surface area contributed by atoms with Crippen molar-refractivity contribution in [3.8, 4) is 0 Å². The molecule has 0 unspecified atom stereocenters. The van der Waals surface area contributed by atoms with Crippen LogP contribution in [0.3, 0.4) is 0 Å². The molecule has 0 radical (unpaired) electrons. The van der Waals surface area contributed by atoms with Gasteiger partial charge in [-0.1, -0.05) is 50.1 Å². The van der Waals surface area contributed by atoms with Crippen molar-refractivity contribution < 1.29 is 19.1 Å². The number of ketones is 1. The number of aryl methyl sites for hydroxylation is 1. The summed E-state index contributed by atoms with van der Waals surface area (Å²) in [7, 11) is 1.28. The third kappa shape index (κ3) is 6.37. The van der Waals surface area contributed by atoms with E-state index in [1.807, 2.05) is 18.2 Å². The zero-order valence-corrected chi connectivity index (χ0v) is 15.1. The summed E-state index contributed by atoms with van der Waals surface area (Å²) in [5, 5.41) is 0. The summed E-state index contributed by atoms with van der Waals surface area (Å²) < 4.78 is 9.39. The van der Waals surface area contributed by atoms with Gasteiger partial charge in [0, 0.05) is 12.3 Å². The number of Topliss-reactive ketones (excluding diaryl/α,β-unsaturated/α-hetero) is 1. The second-order valence-corrected chi connectivity index (χ2v) is 6.74. The Kier molecular flexibility index (Phi) is 7.71. The highest BCUT2D eigenvalue weighted by atomic mass is 16.7. The van der Waals surface area contributed by atoms with Crippen molar-refractivity contribution in [3.05, 3.63) is 47.5 Å². The summed E-state index contributed by atoms with van der Waals surface area (Å²) in [5.41, 5.74) is 3.11. The van der Waals surface area contributed by atoms with Crippen molar-refractivity contribution in [2.75, 3.05) is 13.7 Å². The Morgan fingerprint density at radius 1 is 1.12 bits per heavy atom. The van der Waals surface area contributed by atoms with Crippen LogP contribution in [0.15, 0.2) is 36.4 Å². The number of hydrogen-bond acceptors (Lipinski definition) is 4. The molecular formula is C21H28O4. The van der Waals surface area contributed by atoms with Gasteiger partial charge in [0.05, 0.1) is 7.11 Å². The van der Waals surface area contributed by atoms with E-state index in [2.05, 4.69) is 17.4 Å². The predicted molar refractivity (Wildman–Crippen MR) is 97.5 cm³/mol. The Bertz CT molecular complexity index is 600. The molecule has 0 bridgehead atoms. The van der Waals surface area contributed by atoms with Crippen molar-refractivity contribution in [1.29, 1.82) is 0 Å². The first kappa shape index (κ1) is 19.2. The van der Waals surface area contributed by atoms with E-state index in [1.54, 1.807) is 0 Å². The molecule has 136 valence electrons. The number of benzene rings is 1. The van der Waals surface area contributed by atoms with E-state index >= 15 is 0 Å². The van der Waals surface area contributed by atoms with Crippen LogP contribution in [0.25, 0.3) is 0 Å². The summed E-state index contributed by atoms with van der Waals surface area (Å²) in [5.74, 6) is 0.673. The molecule has 1 aliphatic carbocycles. The molecule has 0 heterocycles. The van der Waals surface area contributed by atoms with Gasteiger partial charge in [-0.3, -0.25) is 4.79 Å². The highest BCUT2D eigenvalue weighted by Gasteiger charge is 2.20. The Labute approximate surface area is 150 Å². The number of ether oxygens (including phenoxy) is 2. The molecular weight excluding hydrogens is 316 g/mol. The molecule has 0 atom stereocenters. The quantitative estimate of drug-likeness (QED) is 0.509. The molecule has 1 aromatic rings. The van der Waals surface area contributed by atoms with Crippen LogP contribution in [0.2, 0.25) is 0 Å². The van der Waals surface area contributed by atoms with E-state index in [9.17, 15) is 9.59 Å². The molecule has 0 aromatic heterocycles. The number of methoxy groups -OCH3 is 1. The van der Waals surface area contributed by atoms with E-state index in [0.717, 1.165) is 30.4 Å². The summed E-state index contributed by atoms with van der Waals surface area (Å²) in [6.45, 7) is 4.11. The van der Waals surface area contributed by atoms with Crippen molar-refractivity contribution in [1.82, 2.24) is 0 Å². The average molecular weight is 344 g/mol. The third-order valence-corrected chi connectivity index (χ3v) is 4.82. The normalized spacial score (nSPS) is 14.8. The van der Waals surface area contributed by atoms with E-state index in [4.69, 9.17) is 4.74 Å². The zero-order chi connectivity index (χ0) is 18.1. The molecule has 0 spiro atoms. The van der Waals surface area contributed by atoms with Crippen LogP contribution >= 0.6 is 0 Å². The lowest BCUT2D eigenvalue weighted by Gasteiger charge is -2.20. The summed E-state index contributed by atoms with van der Waals surface area (Å²) in [4.78, 5) is 23.5. The second kappa shape index (κ2) is 10.0. The zero-order valence-electron chi connectivity index (χ0n) is 15.1. The van der Waals surface area contributed by atoms with Crippen LogP contribution in [0.5, 0.6) is 0 Å². The first-order valence-corrected chi connectivity index (χ1v) is 9.07. The summed E-state index contributed by atoms with van der Waals surface area (Å²) in [6, 6.07) is 8.09. The van der Waals surface area contributed by atoms with Crippen LogP contribution in [-0.4, -0.2) is 25.7 Å². The molecule has 1 saturated carbocycles. The Morgan fingerprint density at radius 2 is 1.80 bits per heavy atom. The second-order valence-electron chi connectivity index (χ2n) is 6.74. The van der Waals surface area contributed by atoms with Crippen molar-refractivity contribution in [2.45, 2.75) is 51.4 Å². The van der Waals surface area contributed by atoms with Gasteiger partial charge in [-0.2, -0.15) is 0 Å². The third-order valence-electron chi connectivity index (χ3n) is 4.82. The van der Waals surface area contributed by atoms with Gasteiger partial charge >= 0.3 is 6.16 Å². The van der Waals surface area contributed by atoms with Gasteiger partial charge in [0.2, 0.25) is 0 Å². The van der Waals surface area contributed by atoms with Gasteiger partial charge < -0.3 is 9.47 Å². The number of hydrogen-bond donors (Lipinski definition) is 0. The van der Waals surface area contributed by atoms with Gasteiger partial charge in [0.15, 0.2) is 0 Å². The van der Waals surface area contributed by atoms with Crippen LogP contribution in [-0.2, 0) is 27.1 Å². The smallest absolute Gasteiger partial charge is 0.438 e. The molecule has 0 amide bonds. The van der Waals surface area contributed by atoms with Crippen LogP contribution in [0.4, 0.5) is 4.79 Å². The lowest BCUT2D eigenvalue weighted by molar-refractivity contribution is -0.123. The van der Waals surface area contributed by atoms with E-state index < -0.39 is 6.16 Å². The minimum absolute atomic E-state index is 0.141. The fourth-order valence-corrected chi connectivity index (χ4v) is 3.40. The van der Waals surface area contributed by atoms with Crippen molar-refractivity contribution in [2.24, 2.45) is 5.92 Å². The van der Waals surface area contributed by atoms with Crippen LogP contribution in [0, 0.1) is 5.92 Å². The van der Waals surface area contributed by atoms with Crippen LogP contribution < -0.4 is 0 Å². The molecule has 0 aliphatic heterocycles. The van der Waals surface area contributed by atoms with Gasteiger partial charge in [0.1, 0.15) is 12.4 Å². The fraction of sp³-hybridized carbons (Fsp3) is 0.524. The lowest BCUT2D eigenvalue weighted by Crippen LogP contribution is -2.18. The maximum Gasteiger partial charge on any atom is 0.508 e. The SMILES string of the molecule is C=C(COC(=O)OC)Cc1ccccc1CCC(=O)C1CCCCC1. The highest BCUT2D eigenvalue weighted by molar-refractivity contribution is 5.81. The topological polar surface area (TPSA) is 52.6 Å².